The van der Waals surface area contributed by atoms with Crippen LogP contribution in [0.4, 0.5) is 0 Å². The summed E-state index contributed by atoms with van der Waals surface area (Å²) in [4.78, 5) is 23.9. The highest BCUT2D eigenvalue weighted by atomic mass is 16.5. The minimum absolute atomic E-state index is 0.136. The molecule has 1 aromatic heterocycles. The Labute approximate surface area is 118 Å². The fraction of sp³-hybridized carbons (Fsp3) is 0.643. The van der Waals surface area contributed by atoms with Crippen LogP contribution in [0.2, 0.25) is 0 Å². The van der Waals surface area contributed by atoms with Crippen LogP contribution in [0.3, 0.4) is 0 Å². The van der Waals surface area contributed by atoms with Gasteiger partial charge in [-0.1, -0.05) is 13.8 Å². The van der Waals surface area contributed by atoms with E-state index in [0.717, 1.165) is 11.3 Å². The number of carbonyl (C=O) groups is 2. The van der Waals surface area contributed by atoms with Crippen LogP contribution in [-0.2, 0) is 16.6 Å². The first kappa shape index (κ1) is 14.6. The molecule has 1 fully saturated rings. The maximum absolute atomic E-state index is 12.1. The van der Waals surface area contributed by atoms with Gasteiger partial charge < -0.3 is 4.74 Å². The Bertz CT molecular complexity index is 548. The lowest BCUT2D eigenvalue weighted by Crippen LogP contribution is -2.46. The summed E-state index contributed by atoms with van der Waals surface area (Å²) in [7, 11) is 3.37. The minimum Gasteiger partial charge on any atom is -0.481 e. The molecule has 0 saturated carbocycles. The van der Waals surface area contributed by atoms with Crippen LogP contribution in [0.5, 0.6) is 5.88 Å². The smallest absolute Gasteiger partial charge is 0.230 e. The number of ether oxygens (including phenoxy) is 1. The molecule has 1 aliphatic heterocycles. The highest BCUT2D eigenvalue weighted by Gasteiger charge is 2.41. The average molecular weight is 279 g/mol. The summed E-state index contributed by atoms with van der Waals surface area (Å²) in [5.74, 6) is -0.101. The third-order valence-corrected chi connectivity index (χ3v) is 3.90. The third kappa shape index (κ3) is 2.30. The second-order valence-corrected chi connectivity index (χ2v) is 5.62. The van der Waals surface area contributed by atoms with Crippen molar-refractivity contribution in [2.75, 3.05) is 7.11 Å². The Kier molecular flexibility index (Phi) is 3.83. The number of piperidine rings is 1. The van der Waals surface area contributed by atoms with Gasteiger partial charge in [-0.3, -0.25) is 14.9 Å². The van der Waals surface area contributed by atoms with Gasteiger partial charge in [-0.15, -0.1) is 0 Å². The summed E-state index contributed by atoms with van der Waals surface area (Å²) in [5.41, 5.74) is 1.68. The van der Waals surface area contributed by atoms with Crippen LogP contribution < -0.4 is 10.1 Å². The number of rotatable bonds is 3. The van der Waals surface area contributed by atoms with E-state index in [1.165, 1.54) is 0 Å². The first-order valence-corrected chi connectivity index (χ1v) is 6.78. The first-order chi connectivity index (χ1) is 9.36. The summed E-state index contributed by atoms with van der Waals surface area (Å²) in [6, 6.07) is 0. The van der Waals surface area contributed by atoms with E-state index in [-0.39, 0.29) is 36.0 Å². The normalized spacial score (nSPS) is 23.1. The molecule has 0 radical (unpaired) electrons. The molecule has 2 rings (SSSR count). The quantitative estimate of drug-likeness (QED) is 0.842. The lowest BCUT2D eigenvalue weighted by atomic mass is 9.74. The zero-order valence-electron chi connectivity index (χ0n) is 12.6. The molecule has 20 heavy (non-hydrogen) atoms. The molecular weight excluding hydrogens is 258 g/mol. The number of nitrogens with one attached hydrogen (secondary N) is 1. The van der Waals surface area contributed by atoms with Crippen molar-refractivity contribution >= 4 is 11.8 Å². The van der Waals surface area contributed by atoms with Crippen molar-refractivity contribution < 1.29 is 14.3 Å². The number of imide groups is 1. The zero-order valence-corrected chi connectivity index (χ0v) is 12.6. The average Bonchev–Trinajstić information content (AvgIpc) is 2.61. The summed E-state index contributed by atoms with van der Waals surface area (Å²) in [6.07, 6.45) is 0.289. The first-order valence-electron chi connectivity index (χ1n) is 6.78. The van der Waals surface area contributed by atoms with Gasteiger partial charge in [0.2, 0.25) is 17.7 Å². The van der Waals surface area contributed by atoms with E-state index in [1.807, 2.05) is 20.8 Å². The summed E-state index contributed by atoms with van der Waals surface area (Å²) in [5, 5.41) is 6.78. The van der Waals surface area contributed by atoms with Gasteiger partial charge in [-0.25, -0.2) is 4.68 Å². The molecule has 6 nitrogen and oxygen atoms in total. The predicted molar refractivity (Wildman–Crippen MR) is 73.3 cm³/mol. The van der Waals surface area contributed by atoms with Crippen molar-refractivity contribution in [3.63, 3.8) is 0 Å². The zero-order chi connectivity index (χ0) is 15.0. The Hall–Kier alpha value is -1.85. The number of methoxy groups -OCH3 is 1. The van der Waals surface area contributed by atoms with E-state index in [9.17, 15) is 9.59 Å². The molecule has 0 aliphatic carbocycles. The maximum atomic E-state index is 12.1. The molecule has 1 aromatic rings. The monoisotopic (exact) mass is 279 g/mol. The number of hydrogen-bond donors (Lipinski definition) is 1. The number of aryl methyl sites for hydroxylation is 2. The number of aromatic nitrogens is 2. The second-order valence-electron chi connectivity index (χ2n) is 5.62. The van der Waals surface area contributed by atoms with Crippen molar-refractivity contribution in [3.8, 4) is 5.88 Å². The van der Waals surface area contributed by atoms with Gasteiger partial charge in [0, 0.05) is 30.9 Å². The highest BCUT2D eigenvalue weighted by Crippen LogP contribution is 2.41. The summed E-state index contributed by atoms with van der Waals surface area (Å²) < 4.78 is 7.06. The standard InChI is InChI=1S/C14H21N3O3/c1-7(2)11-9(6-10(18)15-13(11)19)12-8(3)16-17(4)14(12)20-5/h7,9,11H,6H2,1-5H3,(H,15,18,19). The van der Waals surface area contributed by atoms with E-state index >= 15 is 0 Å². The van der Waals surface area contributed by atoms with Gasteiger partial charge in [0.25, 0.3) is 0 Å². The molecule has 2 amide bonds. The van der Waals surface area contributed by atoms with E-state index in [4.69, 9.17) is 4.74 Å². The van der Waals surface area contributed by atoms with Gasteiger partial charge in [-0.05, 0) is 12.8 Å². The van der Waals surface area contributed by atoms with Crippen molar-refractivity contribution in [1.82, 2.24) is 15.1 Å². The Morgan fingerprint density at radius 2 is 2.05 bits per heavy atom. The summed E-state index contributed by atoms with van der Waals surface area (Å²) in [6.45, 7) is 5.86. The molecule has 1 N–H and O–H groups in total. The summed E-state index contributed by atoms with van der Waals surface area (Å²) >= 11 is 0. The molecule has 6 heteroatoms. The van der Waals surface area contributed by atoms with Gasteiger partial charge >= 0.3 is 0 Å². The van der Waals surface area contributed by atoms with E-state index < -0.39 is 0 Å². The number of amides is 2. The topological polar surface area (TPSA) is 73.2 Å². The largest absolute Gasteiger partial charge is 0.481 e. The van der Waals surface area contributed by atoms with E-state index in [1.54, 1.807) is 18.8 Å². The lowest BCUT2D eigenvalue weighted by molar-refractivity contribution is -0.138. The lowest BCUT2D eigenvalue weighted by Gasteiger charge is -2.32. The van der Waals surface area contributed by atoms with Crippen molar-refractivity contribution in [1.29, 1.82) is 0 Å². The van der Waals surface area contributed by atoms with Crippen LogP contribution in [0.1, 0.15) is 37.4 Å². The van der Waals surface area contributed by atoms with Crippen LogP contribution in [0, 0.1) is 18.8 Å². The molecule has 2 unspecified atom stereocenters. The molecule has 2 heterocycles. The van der Waals surface area contributed by atoms with Crippen molar-refractivity contribution in [2.24, 2.45) is 18.9 Å². The Morgan fingerprint density at radius 3 is 2.60 bits per heavy atom. The van der Waals surface area contributed by atoms with Crippen molar-refractivity contribution in [2.45, 2.75) is 33.1 Å². The van der Waals surface area contributed by atoms with Crippen LogP contribution in [0.15, 0.2) is 0 Å². The Balaban J connectivity index is 2.52. The maximum Gasteiger partial charge on any atom is 0.230 e. The molecule has 1 saturated heterocycles. The number of carbonyl (C=O) groups excluding carboxylic acids is 2. The van der Waals surface area contributed by atoms with Crippen LogP contribution >= 0.6 is 0 Å². The molecule has 2 atom stereocenters. The molecule has 1 aliphatic rings. The van der Waals surface area contributed by atoms with Gasteiger partial charge in [0.05, 0.1) is 12.8 Å². The van der Waals surface area contributed by atoms with Crippen molar-refractivity contribution in [3.05, 3.63) is 11.3 Å². The van der Waals surface area contributed by atoms with Gasteiger partial charge in [0.1, 0.15) is 0 Å². The molecule has 0 bridgehead atoms. The van der Waals surface area contributed by atoms with Crippen LogP contribution in [0.25, 0.3) is 0 Å². The van der Waals surface area contributed by atoms with E-state index in [2.05, 4.69) is 10.4 Å². The minimum atomic E-state index is -0.246. The fourth-order valence-corrected chi connectivity index (χ4v) is 3.15. The second kappa shape index (κ2) is 5.26. The number of nitrogens with zero attached hydrogens (tertiary/aromatic N) is 2. The van der Waals surface area contributed by atoms with Gasteiger partial charge in [-0.2, -0.15) is 5.10 Å². The molecule has 110 valence electrons. The third-order valence-electron chi connectivity index (χ3n) is 3.90. The number of hydrogen-bond acceptors (Lipinski definition) is 4. The predicted octanol–water partition coefficient (Wildman–Crippen LogP) is 1.14. The van der Waals surface area contributed by atoms with Crippen LogP contribution in [-0.4, -0.2) is 28.7 Å². The Morgan fingerprint density at radius 1 is 1.40 bits per heavy atom. The van der Waals surface area contributed by atoms with Gasteiger partial charge in [0.15, 0.2) is 0 Å². The SMILES string of the molecule is COc1c(C2CC(=O)NC(=O)C2C(C)C)c(C)nn1C. The molecule has 0 aromatic carbocycles. The molecular formula is C14H21N3O3. The molecule has 0 spiro atoms. The fourth-order valence-electron chi connectivity index (χ4n) is 3.15. The highest BCUT2D eigenvalue weighted by molar-refractivity contribution is 6.00. The van der Waals surface area contributed by atoms with E-state index in [0.29, 0.717) is 5.88 Å².